The molecule has 1 aliphatic rings. The van der Waals surface area contributed by atoms with Gasteiger partial charge in [0.15, 0.2) is 0 Å². The zero-order chi connectivity index (χ0) is 30.7. The van der Waals surface area contributed by atoms with E-state index in [0.29, 0.717) is 11.1 Å². The van der Waals surface area contributed by atoms with Crippen molar-refractivity contribution in [3.63, 3.8) is 0 Å². The maximum atomic E-state index is 14.8. The van der Waals surface area contributed by atoms with Crippen LogP contribution < -0.4 is 5.32 Å². The molecule has 3 aromatic rings. The van der Waals surface area contributed by atoms with E-state index >= 15 is 0 Å². The number of amides is 3. The number of benzene rings is 2. The first-order valence-corrected chi connectivity index (χ1v) is 13.3. The van der Waals surface area contributed by atoms with Gasteiger partial charge in [-0.05, 0) is 35.6 Å². The minimum atomic E-state index is -5.39. The Morgan fingerprint density at radius 1 is 0.976 bits per heavy atom. The third-order valence-corrected chi connectivity index (χ3v) is 7.00. The van der Waals surface area contributed by atoms with Crippen LogP contribution in [0.2, 0.25) is 0 Å². The predicted octanol–water partition coefficient (Wildman–Crippen LogP) is 4.39. The Morgan fingerprint density at radius 2 is 1.57 bits per heavy atom. The van der Waals surface area contributed by atoms with Gasteiger partial charge in [0.2, 0.25) is 5.91 Å². The molecule has 0 saturated heterocycles. The Morgan fingerprint density at radius 3 is 2.10 bits per heavy atom. The molecule has 0 bridgehead atoms. The first kappa shape index (κ1) is 30.4. The van der Waals surface area contributed by atoms with Gasteiger partial charge in [0, 0.05) is 19.3 Å². The minimum Gasteiger partial charge on any atom is -0.362 e. The van der Waals surface area contributed by atoms with E-state index in [9.17, 15) is 32.7 Å². The standard InChI is InChI=1S/C31H31F3N4O4/c1-20(2)27-29(41)38(26(18-22-12-6-4-7-13-22)30(42,31(32,33)34)36-21(3)39)25(23-14-8-5-9-15-23)19-37(27)28(40)24-16-10-11-17-35-24/h4-17,19-20,26-27,42H,18H2,1-3H3,(H,36,39). The van der Waals surface area contributed by atoms with Crippen LogP contribution in [0, 0.1) is 5.92 Å². The summed E-state index contributed by atoms with van der Waals surface area (Å²) in [6.45, 7) is 4.18. The number of pyridine rings is 1. The predicted molar refractivity (Wildman–Crippen MR) is 149 cm³/mol. The second kappa shape index (κ2) is 12.2. The number of alkyl halides is 3. The molecule has 0 saturated carbocycles. The number of aliphatic hydroxyl groups is 1. The highest BCUT2D eigenvalue weighted by molar-refractivity contribution is 6.02. The zero-order valence-corrected chi connectivity index (χ0v) is 23.2. The number of carbonyl (C=O) groups excluding carboxylic acids is 3. The molecular formula is C31H31F3N4O4. The summed E-state index contributed by atoms with van der Waals surface area (Å²) in [5.74, 6) is -3.18. The molecule has 8 nitrogen and oxygen atoms in total. The molecule has 0 spiro atoms. The molecule has 1 aromatic heterocycles. The van der Waals surface area contributed by atoms with Crippen molar-refractivity contribution in [2.24, 2.45) is 5.92 Å². The van der Waals surface area contributed by atoms with Crippen molar-refractivity contribution in [1.29, 1.82) is 0 Å². The monoisotopic (exact) mass is 580 g/mol. The minimum absolute atomic E-state index is 0.0407. The molecule has 11 heteroatoms. The molecule has 2 heterocycles. The van der Waals surface area contributed by atoms with E-state index in [1.54, 1.807) is 92.0 Å². The van der Waals surface area contributed by atoms with Gasteiger partial charge in [-0.15, -0.1) is 0 Å². The molecule has 3 atom stereocenters. The maximum Gasteiger partial charge on any atom is 0.438 e. The molecule has 0 aliphatic carbocycles. The number of halogens is 3. The fourth-order valence-corrected chi connectivity index (χ4v) is 5.09. The van der Waals surface area contributed by atoms with Crippen LogP contribution in [0.15, 0.2) is 91.3 Å². The van der Waals surface area contributed by atoms with Crippen LogP contribution in [0.5, 0.6) is 0 Å². The largest absolute Gasteiger partial charge is 0.438 e. The van der Waals surface area contributed by atoms with Gasteiger partial charge in [0.25, 0.3) is 17.5 Å². The lowest BCUT2D eigenvalue weighted by atomic mass is 9.88. The van der Waals surface area contributed by atoms with Gasteiger partial charge in [-0.2, -0.15) is 13.2 Å². The van der Waals surface area contributed by atoms with E-state index in [0.717, 1.165) is 11.8 Å². The summed E-state index contributed by atoms with van der Waals surface area (Å²) >= 11 is 0. The Kier molecular flexibility index (Phi) is 8.81. The van der Waals surface area contributed by atoms with Crippen molar-refractivity contribution in [1.82, 2.24) is 20.1 Å². The van der Waals surface area contributed by atoms with Gasteiger partial charge >= 0.3 is 6.18 Å². The summed E-state index contributed by atoms with van der Waals surface area (Å²) in [5, 5.41) is 13.1. The number of rotatable bonds is 8. The van der Waals surface area contributed by atoms with Gasteiger partial charge in [-0.1, -0.05) is 80.6 Å². The number of nitrogens with zero attached hydrogens (tertiary/aromatic N) is 3. The fourth-order valence-electron chi connectivity index (χ4n) is 5.09. The van der Waals surface area contributed by atoms with E-state index in [2.05, 4.69) is 4.98 Å². The number of hydrogen-bond acceptors (Lipinski definition) is 5. The van der Waals surface area contributed by atoms with Crippen molar-refractivity contribution in [2.75, 3.05) is 0 Å². The summed E-state index contributed by atoms with van der Waals surface area (Å²) in [7, 11) is 0. The number of hydrogen-bond donors (Lipinski definition) is 2. The van der Waals surface area contributed by atoms with Gasteiger partial charge in [0.05, 0.1) is 11.7 Å². The van der Waals surface area contributed by atoms with Crippen LogP contribution in [0.1, 0.15) is 42.4 Å². The molecule has 220 valence electrons. The van der Waals surface area contributed by atoms with Crippen LogP contribution in [0.3, 0.4) is 0 Å². The molecule has 2 aromatic carbocycles. The molecule has 0 fully saturated rings. The van der Waals surface area contributed by atoms with Crippen molar-refractivity contribution in [2.45, 2.75) is 51.2 Å². The zero-order valence-electron chi connectivity index (χ0n) is 23.2. The Bertz CT molecular complexity index is 1450. The SMILES string of the molecule is CC(=O)NC(O)(C(Cc1ccccc1)N1C(=O)C(C(C)C)N(C(=O)c2ccccn2)C=C1c1ccccc1)C(F)(F)F. The van der Waals surface area contributed by atoms with Crippen molar-refractivity contribution in [3.05, 3.63) is 108 Å². The third-order valence-electron chi connectivity index (χ3n) is 7.00. The summed E-state index contributed by atoms with van der Waals surface area (Å²) in [5.41, 5.74) is -3.18. The van der Waals surface area contributed by atoms with Gasteiger partial charge in [0.1, 0.15) is 11.7 Å². The van der Waals surface area contributed by atoms with Crippen LogP contribution in [-0.2, 0) is 16.0 Å². The lowest BCUT2D eigenvalue weighted by Crippen LogP contribution is -2.72. The molecule has 0 radical (unpaired) electrons. The molecular weight excluding hydrogens is 549 g/mol. The van der Waals surface area contributed by atoms with Crippen molar-refractivity contribution < 1.29 is 32.7 Å². The lowest BCUT2D eigenvalue weighted by molar-refractivity contribution is -0.287. The second-order valence-corrected chi connectivity index (χ2v) is 10.4. The fraction of sp³-hybridized carbons (Fsp3) is 0.290. The number of aromatic nitrogens is 1. The second-order valence-electron chi connectivity index (χ2n) is 10.4. The van der Waals surface area contributed by atoms with E-state index in [1.807, 2.05) is 0 Å². The highest BCUT2D eigenvalue weighted by Gasteiger charge is 2.63. The van der Waals surface area contributed by atoms with Crippen LogP contribution >= 0.6 is 0 Å². The van der Waals surface area contributed by atoms with Gasteiger partial charge in [-0.3, -0.25) is 29.2 Å². The number of nitrogens with one attached hydrogen (secondary N) is 1. The first-order valence-electron chi connectivity index (χ1n) is 13.3. The van der Waals surface area contributed by atoms with Crippen LogP contribution in [0.4, 0.5) is 13.2 Å². The molecule has 42 heavy (non-hydrogen) atoms. The average molecular weight is 581 g/mol. The smallest absolute Gasteiger partial charge is 0.362 e. The highest BCUT2D eigenvalue weighted by atomic mass is 19.4. The van der Waals surface area contributed by atoms with Crippen LogP contribution in [0.25, 0.3) is 5.70 Å². The topological polar surface area (TPSA) is 103 Å². The van der Waals surface area contributed by atoms with E-state index in [-0.39, 0.29) is 11.4 Å². The first-order chi connectivity index (χ1) is 19.8. The van der Waals surface area contributed by atoms with E-state index in [1.165, 1.54) is 23.4 Å². The average Bonchev–Trinajstić information content (AvgIpc) is 2.95. The van der Waals surface area contributed by atoms with Gasteiger partial charge in [-0.25, -0.2) is 0 Å². The summed E-state index contributed by atoms with van der Waals surface area (Å²) < 4.78 is 44.4. The Labute approximate surface area is 241 Å². The van der Waals surface area contributed by atoms with Crippen LogP contribution in [-0.4, -0.2) is 61.6 Å². The van der Waals surface area contributed by atoms with E-state index in [4.69, 9.17) is 0 Å². The quantitative estimate of drug-likeness (QED) is 0.385. The Balaban J connectivity index is 2.00. The normalized spacial score (nSPS) is 17.9. The van der Waals surface area contributed by atoms with Crippen molar-refractivity contribution in [3.8, 4) is 0 Å². The summed E-state index contributed by atoms with van der Waals surface area (Å²) in [6.07, 6.45) is -3.13. The molecule has 2 N–H and O–H groups in total. The van der Waals surface area contributed by atoms with E-state index < -0.39 is 54.0 Å². The summed E-state index contributed by atoms with van der Waals surface area (Å²) in [6, 6.07) is 17.6. The van der Waals surface area contributed by atoms with Gasteiger partial charge < -0.3 is 10.4 Å². The van der Waals surface area contributed by atoms with Crippen molar-refractivity contribution >= 4 is 23.4 Å². The highest BCUT2D eigenvalue weighted by Crippen LogP contribution is 2.41. The molecule has 3 unspecified atom stereocenters. The lowest BCUT2D eigenvalue weighted by Gasteiger charge is -2.49. The molecule has 1 aliphatic heterocycles. The summed E-state index contributed by atoms with van der Waals surface area (Å²) in [4.78, 5) is 46.4. The Hall–Kier alpha value is -4.51. The molecule has 3 amide bonds. The maximum absolute atomic E-state index is 14.8. The third kappa shape index (κ3) is 6.06. The molecule has 4 rings (SSSR count). The number of carbonyl (C=O) groups is 3.